The summed E-state index contributed by atoms with van der Waals surface area (Å²) in [5.74, 6) is 1.18. The summed E-state index contributed by atoms with van der Waals surface area (Å²) in [5.41, 5.74) is 2.81. The maximum absolute atomic E-state index is 11.8. The second kappa shape index (κ2) is 6.25. The zero-order valence-corrected chi connectivity index (χ0v) is 14.2. The van der Waals surface area contributed by atoms with Crippen LogP contribution in [-0.4, -0.2) is 31.4 Å². The predicted molar refractivity (Wildman–Crippen MR) is 91.7 cm³/mol. The van der Waals surface area contributed by atoms with Gasteiger partial charge < -0.3 is 4.52 Å². The maximum Gasteiger partial charge on any atom is 0.266 e. The SMILES string of the molecule is CC(c1nc(-c2ccccc2)no1)N1CCc2nn(C)c(=O)cc2C1. The highest BCUT2D eigenvalue weighted by molar-refractivity contribution is 5.53. The average molecular weight is 337 g/mol. The van der Waals surface area contributed by atoms with Crippen LogP contribution in [0.4, 0.5) is 0 Å². The molecule has 7 nitrogen and oxygen atoms in total. The Morgan fingerprint density at radius 3 is 2.84 bits per heavy atom. The van der Waals surface area contributed by atoms with Crippen molar-refractivity contribution in [2.75, 3.05) is 6.54 Å². The van der Waals surface area contributed by atoms with Crippen LogP contribution in [-0.2, 0) is 20.0 Å². The van der Waals surface area contributed by atoms with Crippen molar-refractivity contribution in [2.45, 2.75) is 25.9 Å². The Bertz CT molecular complexity index is 948. The Morgan fingerprint density at radius 2 is 2.04 bits per heavy atom. The van der Waals surface area contributed by atoms with Gasteiger partial charge in [0.05, 0.1) is 11.7 Å². The number of aromatic nitrogens is 4. The highest BCUT2D eigenvalue weighted by atomic mass is 16.5. The largest absolute Gasteiger partial charge is 0.337 e. The second-order valence-corrected chi connectivity index (χ2v) is 6.30. The smallest absolute Gasteiger partial charge is 0.266 e. The van der Waals surface area contributed by atoms with Gasteiger partial charge in [-0.25, -0.2) is 4.68 Å². The van der Waals surface area contributed by atoms with Gasteiger partial charge in [-0.1, -0.05) is 35.5 Å². The molecular formula is C18H19N5O2. The van der Waals surface area contributed by atoms with Crippen molar-refractivity contribution >= 4 is 0 Å². The van der Waals surface area contributed by atoms with E-state index in [9.17, 15) is 4.79 Å². The molecule has 25 heavy (non-hydrogen) atoms. The van der Waals surface area contributed by atoms with E-state index in [1.54, 1.807) is 13.1 Å². The molecule has 0 saturated heterocycles. The maximum atomic E-state index is 11.8. The minimum Gasteiger partial charge on any atom is -0.337 e. The van der Waals surface area contributed by atoms with Crippen LogP contribution in [0.1, 0.15) is 30.1 Å². The molecule has 7 heteroatoms. The summed E-state index contributed by atoms with van der Waals surface area (Å²) in [6, 6.07) is 11.4. The van der Waals surface area contributed by atoms with Gasteiger partial charge in [-0.15, -0.1) is 0 Å². The Morgan fingerprint density at radius 1 is 1.24 bits per heavy atom. The van der Waals surface area contributed by atoms with Crippen LogP contribution >= 0.6 is 0 Å². The third-order valence-corrected chi connectivity index (χ3v) is 4.65. The molecule has 0 spiro atoms. The Balaban J connectivity index is 1.56. The van der Waals surface area contributed by atoms with Crippen LogP contribution in [0.25, 0.3) is 11.4 Å². The summed E-state index contributed by atoms with van der Waals surface area (Å²) in [7, 11) is 1.68. The summed E-state index contributed by atoms with van der Waals surface area (Å²) in [4.78, 5) is 18.6. The number of hydrogen-bond acceptors (Lipinski definition) is 6. The van der Waals surface area contributed by atoms with Crippen LogP contribution < -0.4 is 5.56 Å². The molecule has 2 aromatic heterocycles. The molecule has 1 aliphatic heterocycles. The highest BCUT2D eigenvalue weighted by Crippen LogP contribution is 2.26. The van der Waals surface area contributed by atoms with Gasteiger partial charge in [0.15, 0.2) is 0 Å². The zero-order chi connectivity index (χ0) is 17.4. The molecule has 1 unspecified atom stereocenters. The lowest BCUT2D eigenvalue weighted by molar-refractivity contribution is 0.156. The van der Waals surface area contributed by atoms with Gasteiger partial charge in [0.25, 0.3) is 5.56 Å². The van der Waals surface area contributed by atoms with Gasteiger partial charge >= 0.3 is 0 Å². The minimum atomic E-state index is -0.0857. The van der Waals surface area contributed by atoms with Crippen LogP contribution in [0.5, 0.6) is 0 Å². The van der Waals surface area contributed by atoms with Crippen molar-refractivity contribution in [3.05, 3.63) is 63.9 Å². The number of benzene rings is 1. The molecule has 128 valence electrons. The van der Waals surface area contributed by atoms with Gasteiger partial charge in [0.2, 0.25) is 11.7 Å². The summed E-state index contributed by atoms with van der Waals surface area (Å²) in [6.07, 6.45) is 0.799. The quantitative estimate of drug-likeness (QED) is 0.727. The standard InChI is InChI=1S/C18H19N5O2/c1-12(18-19-17(21-25-18)13-6-4-3-5-7-13)23-9-8-15-14(11-23)10-16(24)22(2)20-15/h3-7,10,12H,8-9,11H2,1-2H3. The van der Waals surface area contributed by atoms with Crippen molar-refractivity contribution in [3.63, 3.8) is 0 Å². The minimum absolute atomic E-state index is 0.0258. The molecule has 0 N–H and O–H groups in total. The van der Waals surface area contributed by atoms with Crippen molar-refractivity contribution in [3.8, 4) is 11.4 Å². The number of aryl methyl sites for hydroxylation is 1. The second-order valence-electron chi connectivity index (χ2n) is 6.30. The van der Waals surface area contributed by atoms with Crippen LogP contribution in [0.15, 0.2) is 45.7 Å². The first-order valence-electron chi connectivity index (χ1n) is 8.31. The first kappa shape index (κ1) is 15.7. The lowest BCUT2D eigenvalue weighted by Gasteiger charge is -2.31. The lowest BCUT2D eigenvalue weighted by atomic mass is 10.0. The molecule has 0 saturated carbocycles. The summed E-state index contributed by atoms with van der Waals surface area (Å²) in [6.45, 7) is 3.53. The third-order valence-electron chi connectivity index (χ3n) is 4.65. The molecule has 0 aliphatic carbocycles. The monoisotopic (exact) mass is 337 g/mol. The van der Waals surface area contributed by atoms with Crippen molar-refractivity contribution in [1.29, 1.82) is 0 Å². The summed E-state index contributed by atoms with van der Waals surface area (Å²) < 4.78 is 6.87. The Labute approximate surface area is 144 Å². The van der Waals surface area contributed by atoms with E-state index in [1.807, 2.05) is 37.3 Å². The molecule has 0 amide bonds. The van der Waals surface area contributed by atoms with E-state index in [0.717, 1.165) is 29.8 Å². The summed E-state index contributed by atoms with van der Waals surface area (Å²) >= 11 is 0. The van der Waals surface area contributed by atoms with Crippen LogP contribution in [0.2, 0.25) is 0 Å². The Hall–Kier alpha value is -2.80. The highest BCUT2D eigenvalue weighted by Gasteiger charge is 2.27. The number of rotatable bonds is 3. The normalized spacial score (nSPS) is 15.8. The zero-order valence-electron chi connectivity index (χ0n) is 14.2. The van der Waals surface area contributed by atoms with Gasteiger partial charge in [-0.3, -0.25) is 9.69 Å². The molecule has 1 aromatic carbocycles. The van der Waals surface area contributed by atoms with Crippen LogP contribution in [0, 0.1) is 0 Å². The van der Waals surface area contributed by atoms with E-state index < -0.39 is 0 Å². The van der Waals surface area contributed by atoms with E-state index >= 15 is 0 Å². The number of nitrogens with zero attached hydrogens (tertiary/aromatic N) is 5. The summed E-state index contributed by atoms with van der Waals surface area (Å²) in [5, 5.41) is 8.44. The third kappa shape index (κ3) is 2.98. The topological polar surface area (TPSA) is 77.1 Å². The average Bonchev–Trinajstić information content (AvgIpc) is 3.12. The molecule has 0 bridgehead atoms. The van der Waals surface area contributed by atoms with E-state index in [1.165, 1.54) is 4.68 Å². The lowest BCUT2D eigenvalue weighted by Crippen LogP contribution is -2.36. The van der Waals surface area contributed by atoms with E-state index in [2.05, 4.69) is 20.1 Å². The Kier molecular flexibility index (Phi) is 3.93. The van der Waals surface area contributed by atoms with E-state index in [-0.39, 0.29) is 11.6 Å². The molecule has 1 aliphatic rings. The van der Waals surface area contributed by atoms with Crippen molar-refractivity contribution < 1.29 is 4.52 Å². The van der Waals surface area contributed by atoms with Gasteiger partial charge in [0, 0.05) is 38.2 Å². The fourth-order valence-electron chi connectivity index (χ4n) is 3.11. The van der Waals surface area contributed by atoms with Crippen molar-refractivity contribution in [2.24, 2.45) is 7.05 Å². The fraction of sp³-hybridized carbons (Fsp3) is 0.333. The molecule has 3 heterocycles. The van der Waals surface area contributed by atoms with Crippen molar-refractivity contribution in [1.82, 2.24) is 24.8 Å². The number of hydrogen-bond donors (Lipinski definition) is 0. The first-order chi connectivity index (χ1) is 12.1. The van der Waals surface area contributed by atoms with Gasteiger partial charge in [-0.2, -0.15) is 10.1 Å². The predicted octanol–water partition coefficient (Wildman–Crippen LogP) is 1.95. The van der Waals surface area contributed by atoms with Gasteiger partial charge in [0.1, 0.15) is 0 Å². The molecule has 0 fully saturated rings. The number of fused-ring (bicyclic) bond motifs is 1. The molecule has 4 rings (SSSR count). The van der Waals surface area contributed by atoms with E-state index in [0.29, 0.717) is 18.3 Å². The van der Waals surface area contributed by atoms with E-state index in [4.69, 9.17) is 4.52 Å². The molecule has 0 radical (unpaired) electrons. The molecular weight excluding hydrogens is 318 g/mol. The van der Waals surface area contributed by atoms with Gasteiger partial charge in [-0.05, 0) is 12.5 Å². The molecule has 1 atom stereocenters. The molecule has 3 aromatic rings. The fourth-order valence-corrected chi connectivity index (χ4v) is 3.11. The van der Waals surface area contributed by atoms with Crippen LogP contribution in [0.3, 0.4) is 0 Å². The first-order valence-corrected chi connectivity index (χ1v) is 8.31.